The third-order valence-corrected chi connectivity index (χ3v) is 5.02. The van der Waals surface area contributed by atoms with Crippen molar-refractivity contribution in [3.63, 3.8) is 0 Å². The number of methoxy groups -OCH3 is 2. The summed E-state index contributed by atoms with van der Waals surface area (Å²) in [4.78, 5) is 17.7. The van der Waals surface area contributed by atoms with Crippen molar-refractivity contribution in [1.82, 2.24) is 4.98 Å². The zero-order valence-electron chi connectivity index (χ0n) is 14.9. The van der Waals surface area contributed by atoms with Crippen LogP contribution in [0.2, 0.25) is 5.15 Å². The van der Waals surface area contributed by atoms with Crippen molar-refractivity contribution < 1.29 is 19.2 Å². The second kappa shape index (κ2) is 8.38. The van der Waals surface area contributed by atoms with Crippen molar-refractivity contribution in [2.75, 3.05) is 32.6 Å². The number of pyridine rings is 1. The van der Waals surface area contributed by atoms with Gasteiger partial charge in [-0.1, -0.05) is 11.6 Å². The molecule has 2 heterocycles. The second-order valence-electron chi connectivity index (χ2n) is 6.28. The average Bonchev–Trinajstić information content (AvgIpc) is 3.10. The van der Waals surface area contributed by atoms with E-state index < -0.39 is 0 Å². The fourth-order valence-corrected chi connectivity index (χ4v) is 3.65. The van der Waals surface area contributed by atoms with Crippen LogP contribution in [0.15, 0.2) is 36.5 Å². The van der Waals surface area contributed by atoms with Crippen LogP contribution < -0.4 is 19.7 Å². The first-order chi connectivity index (χ1) is 12.6. The van der Waals surface area contributed by atoms with E-state index in [0.717, 1.165) is 36.4 Å². The van der Waals surface area contributed by atoms with Gasteiger partial charge in [-0.3, -0.25) is 4.79 Å². The number of hydrogen-bond donors (Lipinski definition) is 2. The van der Waals surface area contributed by atoms with E-state index in [1.54, 1.807) is 32.5 Å². The minimum Gasteiger partial charge on any atom is -0.497 e. The van der Waals surface area contributed by atoms with Crippen molar-refractivity contribution in [3.05, 3.63) is 47.2 Å². The quantitative estimate of drug-likeness (QED) is 0.758. The van der Waals surface area contributed by atoms with Gasteiger partial charge in [-0.05, 0) is 24.3 Å². The molecule has 138 valence electrons. The molecule has 1 fully saturated rings. The summed E-state index contributed by atoms with van der Waals surface area (Å²) in [7, 11) is 3.29. The van der Waals surface area contributed by atoms with Gasteiger partial charge in [0.1, 0.15) is 17.5 Å². The van der Waals surface area contributed by atoms with Crippen molar-refractivity contribution in [1.29, 1.82) is 0 Å². The van der Waals surface area contributed by atoms with E-state index in [0.29, 0.717) is 17.4 Å². The van der Waals surface area contributed by atoms with Crippen molar-refractivity contribution >= 4 is 23.2 Å². The van der Waals surface area contributed by atoms with E-state index >= 15 is 0 Å². The molecular weight excluding hydrogens is 354 g/mol. The zero-order chi connectivity index (χ0) is 18.5. The molecule has 6 nitrogen and oxygen atoms in total. The van der Waals surface area contributed by atoms with Crippen LogP contribution >= 0.6 is 11.6 Å². The summed E-state index contributed by atoms with van der Waals surface area (Å²) in [6.07, 6.45) is 3.67. The highest BCUT2D eigenvalue weighted by Crippen LogP contribution is 2.31. The third-order valence-electron chi connectivity index (χ3n) is 4.72. The number of carbonyl (C=O) groups is 1. The maximum absolute atomic E-state index is 12.5. The maximum Gasteiger partial charge on any atom is 0.279 e. The van der Waals surface area contributed by atoms with Crippen LogP contribution in [0.1, 0.15) is 24.4 Å². The summed E-state index contributed by atoms with van der Waals surface area (Å²) in [5, 5.41) is 3.15. The number of amides is 1. The molecule has 1 amide bonds. The Morgan fingerprint density at radius 3 is 2.92 bits per heavy atom. The van der Waals surface area contributed by atoms with E-state index in [9.17, 15) is 4.79 Å². The number of ether oxygens (including phenoxy) is 2. The molecule has 26 heavy (non-hydrogen) atoms. The summed E-state index contributed by atoms with van der Waals surface area (Å²) < 4.78 is 10.8. The van der Waals surface area contributed by atoms with Gasteiger partial charge in [0.25, 0.3) is 5.91 Å². The van der Waals surface area contributed by atoms with Crippen molar-refractivity contribution in [3.8, 4) is 11.5 Å². The Labute approximate surface area is 158 Å². The smallest absolute Gasteiger partial charge is 0.279 e. The van der Waals surface area contributed by atoms with Gasteiger partial charge in [-0.25, -0.2) is 4.98 Å². The standard InChI is InChI=1S/C19H22ClN3O3/c1-25-13-7-8-14(17(11-13)26-2)16-6-4-10-23(16)12-18(24)22-15-5-3-9-21-19(15)20/h3,5,7-9,11,16H,4,6,10,12H2,1-2H3,(H,22,24)/p+1/t16-/m0/s1. The van der Waals surface area contributed by atoms with E-state index in [1.807, 2.05) is 18.2 Å². The molecule has 1 aromatic heterocycles. The summed E-state index contributed by atoms with van der Waals surface area (Å²) in [6, 6.07) is 9.56. The molecule has 2 aromatic rings. The minimum absolute atomic E-state index is 0.0747. The number of aromatic nitrogens is 1. The Hall–Kier alpha value is -2.31. The molecular formula is C19H23ClN3O3+. The maximum atomic E-state index is 12.5. The number of nitrogens with one attached hydrogen (secondary N) is 2. The molecule has 1 unspecified atom stereocenters. The van der Waals surface area contributed by atoms with Gasteiger partial charge in [0.05, 0.1) is 32.0 Å². The fraction of sp³-hybridized carbons (Fsp3) is 0.368. The number of benzene rings is 1. The second-order valence-corrected chi connectivity index (χ2v) is 6.64. The van der Waals surface area contributed by atoms with Crippen molar-refractivity contribution in [2.24, 2.45) is 0 Å². The molecule has 2 atom stereocenters. The number of rotatable bonds is 6. The minimum atomic E-state index is -0.0747. The molecule has 2 N–H and O–H groups in total. The van der Waals surface area contributed by atoms with E-state index in [4.69, 9.17) is 21.1 Å². The molecule has 1 saturated heterocycles. The molecule has 0 bridgehead atoms. The number of anilines is 1. The number of carbonyl (C=O) groups excluding carboxylic acids is 1. The summed E-state index contributed by atoms with van der Waals surface area (Å²) in [5.74, 6) is 1.48. The normalized spacial score (nSPS) is 19.2. The first-order valence-electron chi connectivity index (χ1n) is 8.59. The lowest BCUT2D eigenvalue weighted by Gasteiger charge is -2.23. The molecule has 1 aliphatic rings. The van der Waals surface area contributed by atoms with Crippen LogP contribution in [0.3, 0.4) is 0 Å². The van der Waals surface area contributed by atoms with Gasteiger partial charge in [0.15, 0.2) is 11.7 Å². The monoisotopic (exact) mass is 376 g/mol. The highest BCUT2D eigenvalue weighted by Gasteiger charge is 2.33. The Morgan fingerprint density at radius 2 is 2.19 bits per heavy atom. The fourth-order valence-electron chi connectivity index (χ4n) is 3.48. The molecule has 7 heteroatoms. The third kappa shape index (κ3) is 4.08. The van der Waals surface area contributed by atoms with Gasteiger partial charge in [0.2, 0.25) is 0 Å². The Bertz CT molecular complexity index is 784. The van der Waals surface area contributed by atoms with Gasteiger partial charge >= 0.3 is 0 Å². The Balaban J connectivity index is 1.72. The van der Waals surface area contributed by atoms with Gasteiger partial charge in [-0.2, -0.15) is 0 Å². The van der Waals surface area contributed by atoms with Crippen LogP contribution in [0.4, 0.5) is 5.69 Å². The zero-order valence-corrected chi connectivity index (χ0v) is 15.7. The van der Waals surface area contributed by atoms with Gasteiger partial charge in [-0.15, -0.1) is 0 Å². The summed E-state index contributed by atoms with van der Waals surface area (Å²) in [5.41, 5.74) is 1.64. The molecule has 3 rings (SSSR count). The van der Waals surface area contributed by atoms with E-state index in [-0.39, 0.29) is 11.9 Å². The molecule has 0 spiro atoms. The SMILES string of the molecule is COc1ccc([C@@H]2CCC[NH+]2CC(=O)Nc2cccnc2Cl)c(OC)c1. The molecule has 1 aromatic carbocycles. The van der Waals surface area contributed by atoms with Crippen LogP contribution in [0, 0.1) is 0 Å². The lowest BCUT2D eigenvalue weighted by atomic mass is 10.0. The predicted molar refractivity (Wildman–Crippen MR) is 100 cm³/mol. The predicted octanol–water partition coefficient (Wildman–Crippen LogP) is 2.11. The van der Waals surface area contributed by atoms with Crippen molar-refractivity contribution in [2.45, 2.75) is 18.9 Å². The highest BCUT2D eigenvalue weighted by molar-refractivity contribution is 6.32. The number of likely N-dealkylation sites (tertiary alicyclic amines) is 1. The van der Waals surface area contributed by atoms with Gasteiger partial charge < -0.3 is 19.7 Å². The number of quaternary nitrogens is 1. The van der Waals surface area contributed by atoms with E-state index in [2.05, 4.69) is 10.3 Å². The first kappa shape index (κ1) is 18.5. The topological polar surface area (TPSA) is 64.9 Å². The lowest BCUT2D eigenvalue weighted by molar-refractivity contribution is -0.910. The largest absolute Gasteiger partial charge is 0.497 e. The average molecular weight is 377 g/mol. The molecule has 0 radical (unpaired) electrons. The van der Waals surface area contributed by atoms with E-state index in [1.165, 1.54) is 4.90 Å². The molecule has 0 saturated carbocycles. The molecule has 1 aliphatic heterocycles. The van der Waals surface area contributed by atoms with Gasteiger partial charge in [0, 0.05) is 25.1 Å². The van der Waals surface area contributed by atoms with Crippen LogP contribution in [0.25, 0.3) is 0 Å². The first-order valence-corrected chi connectivity index (χ1v) is 8.97. The highest BCUT2D eigenvalue weighted by atomic mass is 35.5. The number of nitrogens with zero attached hydrogens (tertiary/aromatic N) is 1. The lowest BCUT2D eigenvalue weighted by Crippen LogP contribution is -3.11. The van der Waals surface area contributed by atoms with Crippen LogP contribution in [0.5, 0.6) is 11.5 Å². The van der Waals surface area contributed by atoms with Crippen LogP contribution in [-0.4, -0.2) is 38.2 Å². The Kier molecular flexibility index (Phi) is 5.96. The number of halogens is 1. The Morgan fingerprint density at radius 1 is 1.35 bits per heavy atom. The van der Waals surface area contributed by atoms with Crippen LogP contribution in [-0.2, 0) is 4.79 Å². The summed E-state index contributed by atoms with van der Waals surface area (Å²) >= 11 is 6.02. The summed E-state index contributed by atoms with van der Waals surface area (Å²) in [6.45, 7) is 1.30. The molecule has 0 aliphatic carbocycles. The number of hydrogen-bond acceptors (Lipinski definition) is 4.